The largest absolute Gasteiger partial charge is 0.480 e. The van der Waals surface area contributed by atoms with Gasteiger partial charge in [0.15, 0.2) is 0 Å². The number of carboxylic acid groups (broad SMARTS) is 3. The van der Waals surface area contributed by atoms with Gasteiger partial charge in [-0.25, -0.2) is 14.4 Å². The molecule has 0 aliphatic rings. The van der Waals surface area contributed by atoms with Crippen LogP contribution in [0.25, 0.3) is 0 Å². The van der Waals surface area contributed by atoms with E-state index in [9.17, 15) is 9.59 Å². The van der Waals surface area contributed by atoms with Gasteiger partial charge in [-0.15, -0.1) is 0 Å². The molecule has 7 nitrogen and oxygen atoms in total. The van der Waals surface area contributed by atoms with E-state index < -0.39 is 24.5 Å². The van der Waals surface area contributed by atoms with Crippen molar-refractivity contribution < 1.29 is 34.8 Å². The Balaban J connectivity index is 0.000000555. The SMILES string of the molecule is CCc1cccc(C(=O)O)c1C(=O)O.O=C(O)CO. The van der Waals surface area contributed by atoms with Crippen LogP contribution in [0.4, 0.5) is 0 Å². The summed E-state index contributed by atoms with van der Waals surface area (Å²) in [7, 11) is 0. The van der Waals surface area contributed by atoms with Crippen molar-refractivity contribution in [2.24, 2.45) is 0 Å². The maximum atomic E-state index is 10.8. The topological polar surface area (TPSA) is 132 Å². The number of carbonyl (C=O) groups is 3. The van der Waals surface area contributed by atoms with E-state index in [1.807, 2.05) is 0 Å². The van der Waals surface area contributed by atoms with Crippen LogP contribution in [0.5, 0.6) is 0 Å². The Bertz CT molecular complexity index is 479. The van der Waals surface area contributed by atoms with Crippen LogP contribution in [0.3, 0.4) is 0 Å². The third-order valence-corrected chi connectivity index (χ3v) is 2.11. The van der Waals surface area contributed by atoms with Gasteiger partial charge in [0.1, 0.15) is 6.61 Å². The van der Waals surface area contributed by atoms with Crippen molar-refractivity contribution in [1.29, 1.82) is 0 Å². The molecule has 19 heavy (non-hydrogen) atoms. The van der Waals surface area contributed by atoms with Gasteiger partial charge in [0.2, 0.25) is 0 Å². The Labute approximate surface area is 108 Å². The fraction of sp³-hybridized carbons (Fsp3) is 0.250. The minimum absolute atomic E-state index is 0.109. The highest BCUT2D eigenvalue weighted by molar-refractivity contribution is 6.02. The number of hydrogen-bond donors (Lipinski definition) is 4. The van der Waals surface area contributed by atoms with Gasteiger partial charge in [-0.3, -0.25) is 0 Å². The first kappa shape index (κ1) is 16.6. The Morgan fingerprint density at radius 1 is 1.05 bits per heavy atom. The second-order valence-corrected chi connectivity index (χ2v) is 3.36. The van der Waals surface area contributed by atoms with Crippen molar-refractivity contribution in [3.63, 3.8) is 0 Å². The maximum Gasteiger partial charge on any atom is 0.336 e. The molecule has 0 aliphatic carbocycles. The van der Waals surface area contributed by atoms with Gasteiger partial charge >= 0.3 is 17.9 Å². The molecule has 0 unspecified atom stereocenters. The van der Waals surface area contributed by atoms with E-state index in [1.165, 1.54) is 6.07 Å². The van der Waals surface area contributed by atoms with Crippen LogP contribution in [0.15, 0.2) is 18.2 Å². The Kier molecular flexibility index (Phi) is 6.83. The summed E-state index contributed by atoms with van der Waals surface area (Å²) in [6, 6.07) is 4.47. The van der Waals surface area contributed by atoms with E-state index in [2.05, 4.69) is 0 Å². The van der Waals surface area contributed by atoms with Crippen LogP contribution in [0.1, 0.15) is 33.2 Å². The zero-order valence-electron chi connectivity index (χ0n) is 10.2. The van der Waals surface area contributed by atoms with E-state index >= 15 is 0 Å². The molecule has 0 atom stereocenters. The lowest BCUT2D eigenvalue weighted by Crippen LogP contribution is -2.10. The third-order valence-electron chi connectivity index (χ3n) is 2.11. The highest BCUT2D eigenvalue weighted by atomic mass is 16.4. The molecule has 0 spiro atoms. The van der Waals surface area contributed by atoms with Gasteiger partial charge in [0, 0.05) is 0 Å². The van der Waals surface area contributed by atoms with Gasteiger partial charge in [-0.2, -0.15) is 0 Å². The maximum absolute atomic E-state index is 10.8. The molecule has 7 heteroatoms. The highest BCUT2D eigenvalue weighted by Gasteiger charge is 2.18. The predicted octanol–water partition coefficient (Wildman–Crippen LogP) is 0.709. The molecule has 1 rings (SSSR count). The monoisotopic (exact) mass is 270 g/mol. The minimum atomic E-state index is -1.21. The fourth-order valence-electron chi connectivity index (χ4n) is 1.33. The molecule has 0 radical (unpaired) electrons. The first-order valence-corrected chi connectivity index (χ1v) is 5.26. The number of hydrogen-bond acceptors (Lipinski definition) is 4. The number of aliphatic carboxylic acids is 1. The number of benzene rings is 1. The Hall–Kier alpha value is -2.41. The predicted molar refractivity (Wildman–Crippen MR) is 64.5 cm³/mol. The summed E-state index contributed by atoms with van der Waals surface area (Å²) in [5.41, 5.74) is 0.275. The lowest BCUT2D eigenvalue weighted by Gasteiger charge is -2.06. The molecule has 0 saturated heterocycles. The van der Waals surface area contributed by atoms with Crippen molar-refractivity contribution >= 4 is 17.9 Å². The summed E-state index contributed by atoms with van der Waals surface area (Å²) >= 11 is 0. The van der Waals surface area contributed by atoms with E-state index in [1.54, 1.807) is 19.1 Å². The highest BCUT2D eigenvalue weighted by Crippen LogP contribution is 2.15. The van der Waals surface area contributed by atoms with E-state index in [4.69, 9.17) is 25.2 Å². The lowest BCUT2D eigenvalue weighted by atomic mass is 9.99. The molecule has 1 aromatic carbocycles. The first-order valence-electron chi connectivity index (χ1n) is 5.26. The molecular weight excluding hydrogens is 256 g/mol. The van der Waals surface area contributed by atoms with Crippen molar-refractivity contribution in [3.8, 4) is 0 Å². The van der Waals surface area contributed by atoms with Crippen LogP contribution in [0.2, 0.25) is 0 Å². The van der Waals surface area contributed by atoms with Crippen molar-refractivity contribution in [3.05, 3.63) is 34.9 Å². The summed E-state index contributed by atoms with van der Waals surface area (Å²) in [6.45, 7) is 1.01. The molecule has 104 valence electrons. The third kappa shape index (κ3) is 5.17. The number of aromatic carboxylic acids is 2. The van der Waals surface area contributed by atoms with Gasteiger partial charge in [-0.05, 0) is 18.1 Å². The number of rotatable bonds is 4. The van der Waals surface area contributed by atoms with Crippen LogP contribution < -0.4 is 0 Å². The molecular formula is C12H14O7. The average Bonchev–Trinajstić information content (AvgIpc) is 2.38. The van der Waals surface area contributed by atoms with E-state index in [0.29, 0.717) is 12.0 Å². The number of carboxylic acids is 3. The van der Waals surface area contributed by atoms with Crippen LogP contribution in [-0.2, 0) is 11.2 Å². The Morgan fingerprint density at radius 3 is 1.89 bits per heavy atom. The molecule has 0 aromatic heterocycles. The molecule has 0 bridgehead atoms. The minimum Gasteiger partial charge on any atom is -0.480 e. The second-order valence-electron chi connectivity index (χ2n) is 3.36. The standard InChI is InChI=1S/C10H10O4.C2H4O3/c1-2-6-4-3-5-7(9(11)12)8(6)10(13)14;3-1-2(4)5/h3-5H,2H2,1H3,(H,11,12)(H,13,14);3H,1H2,(H,4,5). The summed E-state index contributed by atoms with van der Waals surface area (Å²) in [5, 5.41) is 32.7. The molecule has 0 heterocycles. The van der Waals surface area contributed by atoms with Crippen LogP contribution >= 0.6 is 0 Å². The van der Waals surface area contributed by atoms with Crippen molar-refractivity contribution in [2.45, 2.75) is 13.3 Å². The Morgan fingerprint density at radius 2 is 1.58 bits per heavy atom. The van der Waals surface area contributed by atoms with E-state index in [0.717, 1.165) is 0 Å². The van der Waals surface area contributed by atoms with Crippen LogP contribution in [0, 0.1) is 0 Å². The number of aliphatic hydroxyl groups is 1. The number of aryl methyl sites for hydroxylation is 1. The van der Waals surface area contributed by atoms with Gasteiger partial charge in [-0.1, -0.05) is 19.1 Å². The molecule has 0 saturated carbocycles. The number of aliphatic hydroxyl groups excluding tert-OH is 1. The van der Waals surface area contributed by atoms with Gasteiger partial charge in [0.05, 0.1) is 11.1 Å². The second kappa shape index (κ2) is 7.83. The molecule has 0 fully saturated rings. The fourth-order valence-corrected chi connectivity index (χ4v) is 1.33. The van der Waals surface area contributed by atoms with Crippen molar-refractivity contribution in [1.82, 2.24) is 0 Å². The van der Waals surface area contributed by atoms with E-state index in [-0.39, 0.29) is 11.1 Å². The van der Waals surface area contributed by atoms with Gasteiger partial charge < -0.3 is 20.4 Å². The molecule has 1 aromatic rings. The average molecular weight is 270 g/mol. The normalized spacial score (nSPS) is 9.16. The zero-order valence-corrected chi connectivity index (χ0v) is 10.2. The van der Waals surface area contributed by atoms with Crippen LogP contribution in [-0.4, -0.2) is 44.9 Å². The summed E-state index contributed by atoms with van der Waals surface area (Å²) in [5.74, 6) is -3.59. The smallest absolute Gasteiger partial charge is 0.336 e. The quantitative estimate of drug-likeness (QED) is 0.633. The first-order chi connectivity index (χ1) is 8.84. The molecule has 0 amide bonds. The summed E-state index contributed by atoms with van der Waals surface area (Å²) in [4.78, 5) is 30.7. The van der Waals surface area contributed by atoms with Crippen molar-refractivity contribution in [2.75, 3.05) is 6.61 Å². The lowest BCUT2D eigenvalue weighted by molar-refractivity contribution is -0.140. The summed E-state index contributed by atoms with van der Waals surface area (Å²) in [6.07, 6.45) is 0.503. The van der Waals surface area contributed by atoms with Gasteiger partial charge in [0.25, 0.3) is 0 Å². The zero-order chi connectivity index (χ0) is 15.0. The summed E-state index contributed by atoms with van der Waals surface area (Å²) < 4.78 is 0. The molecule has 0 aliphatic heterocycles. The molecule has 4 N–H and O–H groups in total.